The number of benzene rings is 2. The number of furan rings is 1. The maximum atomic E-state index is 12.6. The molecule has 6 nitrogen and oxygen atoms in total. The summed E-state index contributed by atoms with van der Waals surface area (Å²) in [4.78, 5) is 12.6. The number of carbonyl (C=O) groups is 1. The fourth-order valence-corrected chi connectivity index (χ4v) is 3.81. The van der Waals surface area contributed by atoms with Gasteiger partial charge >= 0.3 is 0 Å². The molecule has 0 unspecified atom stereocenters. The van der Waals surface area contributed by atoms with Crippen LogP contribution >= 0.6 is 11.8 Å². The van der Waals surface area contributed by atoms with Gasteiger partial charge in [0.15, 0.2) is 10.9 Å². The van der Waals surface area contributed by atoms with Gasteiger partial charge in [0.2, 0.25) is 11.7 Å². The van der Waals surface area contributed by atoms with Gasteiger partial charge in [0.1, 0.15) is 0 Å². The molecular weight excluding hydrogens is 384 g/mol. The molecule has 2 aromatic heterocycles. The lowest BCUT2D eigenvalue weighted by molar-refractivity contribution is -0.113. The molecular formula is C22H20N4O2S. The van der Waals surface area contributed by atoms with E-state index >= 15 is 0 Å². The van der Waals surface area contributed by atoms with E-state index in [-0.39, 0.29) is 11.7 Å². The number of thioether (sulfide) groups is 1. The number of hydrogen-bond acceptors (Lipinski definition) is 5. The summed E-state index contributed by atoms with van der Waals surface area (Å²) in [5.74, 6) is 1.35. The Hall–Kier alpha value is -3.32. The molecule has 29 heavy (non-hydrogen) atoms. The van der Waals surface area contributed by atoms with E-state index in [2.05, 4.69) is 15.5 Å². The van der Waals surface area contributed by atoms with Crippen molar-refractivity contribution >= 4 is 23.4 Å². The van der Waals surface area contributed by atoms with Crippen molar-refractivity contribution in [1.82, 2.24) is 14.8 Å². The van der Waals surface area contributed by atoms with Gasteiger partial charge in [0.25, 0.3) is 0 Å². The summed E-state index contributed by atoms with van der Waals surface area (Å²) in [6.45, 7) is 3.97. The van der Waals surface area contributed by atoms with E-state index in [0.29, 0.717) is 16.7 Å². The third kappa shape index (κ3) is 4.09. The number of nitrogens with zero attached hydrogens (tertiary/aromatic N) is 3. The summed E-state index contributed by atoms with van der Waals surface area (Å²) in [6, 6.07) is 19.4. The Morgan fingerprint density at radius 2 is 1.76 bits per heavy atom. The van der Waals surface area contributed by atoms with Crippen molar-refractivity contribution in [2.24, 2.45) is 0 Å². The first kappa shape index (κ1) is 19.0. The molecule has 0 aliphatic carbocycles. The Balaban J connectivity index is 1.57. The minimum Gasteiger partial charge on any atom is -0.461 e. The standard InChI is InChI=1S/C22H20N4O2S/c1-15-8-6-9-16(2)20(15)23-19(27)14-29-22-25-24-21(18-12-7-13-28-18)26(22)17-10-4-3-5-11-17/h3-13H,14H2,1-2H3,(H,23,27). The fourth-order valence-electron chi connectivity index (χ4n) is 3.06. The predicted octanol–water partition coefficient (Wildman–Crippen LogP) is 4.87. The maximum Gasteiger partial charge on any atom is 0.234 e. The molecule has 2 aromatic carbocycles. The van der Waals surface area contributed by atoms with Crippen LogP contribution in [0.5, 0.6) is 0 Å². The summed E-state index contributed by atoms with van der Waals surface area (Å²) in [5.41, 5.74) is 3.84. The summed E-state index contributed by atoms with van der Waals surface area (Å²) in [6.07, 6.45) is 1.60. The van der Waals surface area contributed by atoms with Crippen LogP contribution in [0.25, 0.3) is 17.3 Å². The molecule has 4 aromatic rings. The highest BCUT2D eigenvalue weighted by molar-refractivity contribution is 7.99. The number of carbonyl (C=O) groups excluding carboxylic acids is 1. The zero-order chi connectivity index (χ0) is 20.2. The third-order valence-electron chi connectivity index (χ3n) is 4.47. The zero-order valence-electron chi connectivity index (χ0n) is 16.1. The number of anilines is 1. The maximum absolute atomic E-state index is 12.6. The van der Waals surface area contributed by atoms with Crippen molar-refractivity contribution in [2.75, 3.05) is 11.1 Å². The Labute approximate surface area is 173 Å². The first-order chi connectivity index (χ1) is 14.1. The summed E-state index contributed by atoms with van der Waals surface area (Å²) < 4.78 is 7.41. The Morgan fingerprint density at radius 1 is 1.00 bits per heavy atom. The largest absolute Gasteiger partial charge is 0.461 e. The fraction of sp³-hybridized carbons (Fsp3) is 0.136. The lowest BCUT2D eigenvalue weighted by Gasteiger charge is -2.12. The van der Waals surface area contributed by atoms with Crippen LogP contribution in [0, 0.1) is 13.8 Å². The number of nitrogens with one attached hydrogen (secondary N) is 1. The topological polar surface area (TPSA) is 73.0 Å². The third-order valence-corrected chi connectivity index (χ3v) is 5.40. The highest BCUT2D eigenvalue weighted by Gasteiger charge is 2.19. The van der Waals surface area contributed by atoms with Crippen LogP contribution in [-0.4, -0.2) is 26.4 Å². The van der Waals surface area contributed by atoms with Gasteiger partial charge in [0, 0.05) is 11.4 Å². The molecule has 0 saturated heterocycles. The quantitative estimate of drug-likeness (QED) is 0.464. The minimum absolute atomic E-state index is 0.0884. The van der Waals surface area contributed by atoms with Crippen LogP contribution < -0.4 is 5.32 Å². The SMILES string of the molecule is Cc1cccc(C)c1NC(=O)CSc1nnc(-c2ccco2)n1-c1ccccc1. The second-order valence-corrected chi connectivity index (χ2v) is 7.50. The van der Waals surface area contributed by atoms with Crippen molar-refractivity contribution in [1.29, 1.82) is 0 Å². The van der Waals surface area contributed by atoms with Crippen molar-refractivity contribution in [3.8, 4) is 17.3 Å². The second-order valence-electron chi connectivity index (χ2n) is 6.56. The molecule has 2 heterocycles. The number of rotatable bonds is 6. The van der Waals surface area contributed by atoms with E-state index < -0.39 is 0 Å². The molecule has 0 spiro atoms. The number of aromatic nitrogens is 3. The summed E-state index contributed by atoms with van der Waals surface area (Å²) in [7, 11) is 0. The van der Waals surface area contributed by atoms with Crippen LogP contribution in [0.2, 0.25) is 0 Å². The molecule has 0 aliphatic heterocycles. The van der Waals surface area contributed by atoms with Gasteiger partial charge in [-0.05, 0) is 49.2 Å². The smallest absolute Gasteiger partial charge is 0.234 e. The van der Waals surface area contributed by atoms with Gasteiger partial charge in [-0.3, -0.25) is 9.36 Å². The van der Waals surface area contributed by atoms with E-state index in [1.807, 2.05) is 79.1 Å². The number of aryl methyl sites for hydroxylation is 2. The highest BCUT2D eigenvalue weighted by Crippen LogP contribution is 2.28. The van der Waals surface area contributed by atoms with Crippen molar-refractivity contribution < 1.29 is 9.21 Å². The van der Waals surface area contributed by atoms with E-state index in [0.717, 1.165) is 22.5 Å². The lowest BCUT2D eigenvalue weighted by Crippen LogP contribution is -2.16. The molecule has 0 atom stereocenters. The van der Waals surface area contributed by atoms with Crippen molar-refractivity contribution in [3.05, 3.63) is 78.1 Å². The number of hydrogen-bond donors (Lipinski definition) is 1. The molecule has 7 heteroatoms. The average Bonchev–Trinajstić information content (AvgIpc) is 3.39. The molecule has 0 bridgehead atoms. The molecule has 1 N–H and O–H groups in total. The van der Waals surface area contributed by atoms with Gasteiger partial charge in [-0.1, -0.05) is 48.2 Å². The van der Waals surface area contributed by atoms with Crippen LogP contribution in [0.4, 0.5) is 5.69 Å². The van der Waals surface area contributed by atoms with E-state index in [4.69, 9.17) is 4.42 Å². The van der Waals surface area contributed by atoms with E-state index in [1.54, 1.807) is 6.26 Å². The number of para-hydroxylation sites is 2. The molecule has 4 rings (SSSR count). The second kappa shape index (κ2) is 8.36. The lowest BCUT2D eigenvalue weighted by atomic mass is 10.1. The van der Waals surface area contributed by atoms with Crippen LogP contribution in [0.1, 0.15) is 11.1 Å². The van der Waals surface area contributed by atoms with Crippen molar-refractivity contribution in [3.63, 3.8) is 0 Å². The summed E-state index contributed by atoms with van der Waals surface area (Å²) in [5, 5.41) is 12.2. The molecule has 1 amide bonds. The van der Waals surface area contributed by atoms with Gasteiger partial charge < -0.3 is 9.73 Å². The van der Waals surface area contributed by atoms with Crippen LogP contribution in [0.15, 0.2) is 76.5 Å². The van der Waals surface area contributed by atoms with Crippen LogP contribution in [-0.2, 0) is 4.79 Å². The zero-order valence-corrected chi connectivity index (χ0v) is 16.9. The Morgan fingerprint density at radius 3 is 2.45 bits per heavy atom. The van der Waals surface area contributed by atoms with Crippen molar-refractivity contribution in [2.45, 2.75) is 19.0 Å². The highest BCUT2D eigenvalue weighted by atomic mass is 32.2. The number of amides is 1. The predicted molar refractivity (Wildman–Crippen MR) is 114 cm³/mol. The summed E-state index contributed by atoms with van der Waals surface area (Å²) >= 11 is 1.33. The molecule has 0 fully saturated rings. The Bertz CT molecular complexity index is 1100. The first-order valence-corrected chi connectivity index (χ1v) is 10.2. The normalized spacial score (nSPS) is 10.8. The monoisotopic (exact) mass is 404 g/mol. The average molecular weight is 404 g/mol. The molecule has 0 saturated carbocycles. The van der Waals surface area contributed by atoms with Gasteiger partial charge in [0.05, 0.1) is 12.0 Å². The van der Waals surface area contributed by atoms with Gasteiger partial charge in [-0.25, -0.2) is 0 Å². The minimum atomic E-state index is -0.0884. The molecule has 146 valence electrons. The Kier molecular flexibility index (Phi) is 5.48. The van der Waals surface area contributed by atoms with Gasteiger partial charge in [-0.2, -0.15) is 0 Å². The first-order valence-electron chi connectivity index (χ1n) is 9.17. The molecule has 0 radical (unpaired) electrons. The van der Waals surface area contributed by atoms with E-state index in [1.165, 1.54) is 11.8 Å². The van der Waals surface area contributed by atoms with Crippen LogP contribution in [0.3, 0.4) is 0 Å². The van der Waals surface area contributed by atoms with E-state index in [9.17, 15) is 4.79 Å². The molecule has 0 aliphatic rings. The van der Waals surface area contributed by atoms with Gasteiger partial charge in [-0.15, -0.1) is 10.2 Å².